The summed E-state index contributed by atoms with van der Waals surface area (Å²) in [5.74, 6) is 0.421. The molecule has 4 aromatic rings. The molecular weight excluding hydrogens is 366 g/mol. The van der Waals surface area contributed by atoms with Crippen molar-refractivity contribution in [2.45, 2.75) is 0 Å². The second-order valence-corrected chi connectivity index (χ2v) is 6.04. The smallest absolute Gasteiger partial charge is 0.258 e. The third-order valence-corrected chi connectivity index (χ3v) is 4.25. The molecule has 2 heterocycles. The number of amides is 1. The fraction of sp³-hybridized carbons (Fsp3) is 0.0526. The van der Waals surface area contributed by atoms with Gasteiger partial charge in [-0.2, -0.15) is 4.80 Å². The number of rotatable bonds is 4. The van der Waals surface area contributed by atoms with Crippen molar-refractivity contribution >= 4 is 34.2 Å². The predicted molar refractivity (Wildman–Crippen MR) is 103 cm³/mol. The van der Waals surface area contributed by atoms with Crippen molar-refractivity contribution in [2.75, 3.05) is 12.4 Å². The number of nitrogens with one attached hydrogen (secondary N) is 1. The monoisotopic (exact) mass is 379 g/mol. The molecule has 134 valence electrons. The lowest BCUT2D eigenvalue weighted by Crippen LogP contribution is -2.12. The maximum absolute atomic E-state index is 12.4. The highest BCUT2D eigenvalue weighted by Crippen LogP contribution is 2.20. The van der Waals surface area contributed by atoms with E-state index >= 15 is 0 Å². The normalized spacial score (nSPS) is 10.7. The van der Waals surface area contributed by atoms with E-state index in [0.717, 1.165) is 11.4 Å². The van der Waals surface area contributed by atoms with Crippen LogP contribution in [0.1, 0.15) is 10.4 Å². The van der Waals surface area contributed by atoms with Crippen molar-refractivity contribution in [1.82, 2.24) is 20.0 Å². The van der Waals surface area contributed by atoms with Crippen LogP contribution in [0.4, 0.5) is 5.69 Å². The second-order valence-electron chi connectivity index (χ2n) is 5.69. The molecule has 0 saturated carbocycles. The Morgan fingerprint density at radius 2 is 1.85 bits per heavy atom. The molecule has 0 saturated heterocycles. The standard InChI is InChI=1S/C19H14ClN5O2/c1-27-14-7-5-13(6-8-14)25-23-16-9-4-12(11-17(16)24-25)22-19(26)15-3-2-10-21-18(15)20/h2-11H,1H3,(H,22,26). The van der Waals surface area contributed by atoms with E-state index in [1.807, 2.05) is 24.3 Å². The molecule has 27 heavy (non-hydrogen) atoms. The lowest BCUT2D eigenvalue weighted by Gasteiger charge is -2.05. The fourth-order valence-corrected chi connectivity index (χ4v) is 2.78. The summed E-state index contributed by atoms with van der Waals surface area (Å²) in [6, 6.07) is 16.0. The van der Waals surface area contributed by atoms with Crippen LogP contribution in [0, 0.1) is 0 Å². The number of pyridine rings is 1. The average molecular weight is 380 g/mol. The van der Waals surface area contributed by atoms with Crippen molar-refractivity contribution in [3.8, 4) is 11.4 Å². The summed E-state index contributed by atoms with van der Waals surface area (Å²) in [4.78, 5) is 17.8. The fourth-order valence-electron chi connectivity index (χ4n) is 2.58. The number of aromatic nitrogens is 4. The molecule has 0 aliphatic carbocycles. The number of anilines is 1. The van der Waals surface area contributed by atoms with Crippen molar-refractivity contribution in [2.24, 2.45) is 0 Å². The van der Waals surface area contributed by atoms with E-state index in [9.17, 15) is 4.79 Å². The van der Waals surface area contributed by atoms with Gasteiger partial charge < -0.3 is 10.1 Å². The van der Waals surface area contributed by atoms with E-state index in [-0.39, 0.29) is 11.1 Å². The summed E-state index contributed by atoms with van der Waals surface area (Å²) in [6.07, 6.45) is 1.53. The minimum Gasteiger partial charge on any atom is -0.497 e. The lowest BCUT2D eigenvalue weighted by atomic mass is 10.2. The number of carbonyl (C=O) groups is 1. The van der Waals surface area contributed by atoms with Gasteiger partial charge in [-0.05, 0) is 54.6 Å². The first kappa shape index (κ1) is 17.0. The van der Waals surface area contributed by atoms with Gasteiger partial charge in [0, 0.05) is 11.9 Å². The van der Waals surface area contributed by atoms with Crippen LogP contribution in [0.2, 0.25) is 5.15 Å². The largest absolute Gasteiger partial charge is 0.497 e. The molecule has 8 heteroatoms. The molecule has 7 nitrogen and oxygen atoms in total. The zero-order valence-electron chi connectivity index (χ0n) is 14.3. The van der Waals surface area contributed by atoms with Gasteiger partial charge in [0.25, 0.3) is 5.91 Å². The van der Waals surface area contributed by atoms with Crippen molar-refractivity contribution in [1.29, 1.82) is 0 Å². The quantitative estimate of drug-likeness (QED) is 0.546. The molecule has 2 aromatic heterocycles. The molecule has 0 spiro atoms. The van der Waals surface area contributed by atoms with Gasteiger partial charge in [0.05, 0.1) is 18.4 Å². The third kappa shape index (κ3) is 3.45. The lowest BCUT2D eigenvalue weighted by molar-refractivity contribution is 0.102. The summed E-state index contributed by atoms with van der Waals surface area (Å²) in [5, 5.41) is 11.9. The maximum atomic E-state index is 12.4. The first-order valence-corrected chi connectivity index (χ1v) is 8.45. The van der Waals surface area contributed by atoms with Gasteiger partial charge in [-0.3, -0.25) is 4.79 Å². The van der Waals surface area contributed by atoms with Gasteiger partial charge in [0.15, 0.2) is 0 Å². The number of benzene rings is 2. The maximum Gasteiger partial charge on any atom is 0.258 e. The predicted octanol–water partition coefficient (Wildman–Crippen LogP) is 3.73. The van der Waals surface area contributed by atoms with Gasteiger partial charge in [0.2, 0.25) is 0 Å². The first-order valence-electron chi connectivity index (χ1n) is 8.07. The molecule has 0 radical (unpaired) electrons. The molecule has 0 atom stereocenters. The third-order valence-electron chi connectivity index (χ3n) is 3.95. The number of hydrogen-bond acceptors (Lipinski definition) is 5. The van der Waals surface area contributed by atoms with Crippen molar-refractivity contribution in [3.05, 3.63) is 71.5 Å². The highest BCUT2D eigenvalue weighted by Gasteiger charge is 2.12. The SMILES string of the molecule is COc1ccc(-n2nc3ccc(NC(=O)c4cccnc4Cl)cc3n2)cc1. The number of halogens is 1. The number of ether oxygens (including phenoxy) is 1. The van der Waals surface area contributed by atoms with Crippen LogP contribution in [-0.2, 0) is 0 Å². The number of nitrogens with zero attached hydrogens (tertiary/aromatic N) is 4. The molecule has 0 unspecified atom stereocenters. The van der Waals surface area contributed by atoms with E-state index in [2.05, 4.69) is 20.5 Å². The summed E-state index contributed by atoms with van der Waals surface area (Å²) in [7, 11) is 1.62. The minimum absolute atomic E-state index is 0.154. The zero-order valence-corrected chi connectivity index (χ0v) is 15.0. The Kier molecular flexibility index (Phi) is 4.43. The van der Waals surface area contributed by atoms with Crippen molar-refractivity contribution in [3.63, 3.8) is 0 Å². The van der Waals surface area contributed by atoms with Crippen LogP contribution in [0.3, 0.4) is 0 Å². The number of methoxy groups -OCH3 is 1. The Labute approximate surface area is 159 Å². The Balaban J connectivity index is 1.60. The van der Waals surface area contributed by atoms with E-state index in [1.165, 1.54) is 11.0 Å². The zero-order chi connectivity index (χ0) is 18.8. The Morgan fingerprint density at radius 1 is 1.07 bits per heavy atom. The molecule has 1 amide bonds. The molecule has 4 rings (SSSR count). The molecule has 0 fully saturated rings. The molecular formula is C19H14ClN5O2. The summed E-state index contributed by atoms with van der Waals surface area (Å²) < 4.78 is 5.16. The average Bonchev–Trinajstić information content (AvgIpc) is 3.11. The number of hydrogen-bond donors (Lipinski definition) is 1. The molecule has 0 bridgehead atoms. The summed E-state index contributed by atoms with van der Waals surface area (Å²) >= 11 is 5.97. The van der Waals surface area contributed by atoms with Gasteiger partial charge in [-0.1, -0.05) is 11.6 Å². The molecule has 0 aliphatic rings. The number of fused-ring (bicyclic) bond motifs is 1. The summed E-state index contributed by atoms with van der Waals surface area (Å²) in [6.45, 7) is 0. The molecule has 0 aliphatic heterocycles. The number of carbonyl (C=O) groups excluding carboxylic acids is 1. The highest BCUT2D eigenvalue weighted by atomic mass is 35.5. The van der Waals surface area contributed by atoms with Crippen LogP contribution < -0.4 is 10.1 Å². The van der Waals surface area contributed by atoms with Crippen LogP contribution >= 0.6 is 11.6 Å². The van der Waals surface area contributed by atoms with Crippen LogP contribution in [-0.4, -0.2) is 33.0 Å². The summed E-state index contributed by atoms with van der Waals surface area (Å²) in [5.41, 5.74) is 3.07. The minimum atomic E-state index is -0.338. The molecule has 2 aromatic carbocycles. The Morgan fingerprint density at radius 3 is 2.59 bits per heavy atom. The highest BCUT2D eigenvalue weighted by molar-refractivity contribution is 6.33. The molecule has 1 N–H and O–H groups in total. The van der Waals surface area contributed by atoms with E-state index in [0.29, 0.717) is 22.3 Å². The van der Waals surface area contributed by atoms with Gasteiger partial charge >= 0.3 is 0 Å². The Hall–Kier alpha value is -3.45. The van der Waals surface area contributed by atoms with Crippen LogP contribution in [0.5, 0.6) is 5.75 Å². The van der Waals surface area contributed by atoms with E-state index in [4.69, 9.17) is 16.3 Å². The van der Waals surface area contributed by atoms with Crippen molar-refractivity contribution < 1.29 is 9.53 Å². The Bertz CT molecular complexity index is 1120. The second kappa shape index (κ2) is 7.05. The van der Waals surface area contributed by atoms with Gasteiger partial charge in [0.1, 0.15) is 21.9 Å². The van der Waals surface area contributed by atoms with Crippen LogP contribution in [0.15, 0.2) is 60.8 Å². The van der Waals surface area contributed by atoms with E-state index < -0.39 is 0 Å². The van der Waals surface area contributed by atoms with Crippen LogP contribution in [0.25, 0.3) is 16.7 Å². The van der Waals surface area contributed by atoms with Gasteiger partial charge in [-0.25, -0.2) is 4.98 Å². The first-order chi connectivity index (χ1) is 13.1. The topological polar surface area (TPSA) is 81.9 Å². The van der Waals surface area contributed by atoms with E-state index in [1.54, 1.807) is 37.4 Å². The van der Waals surface area contributed by atoms with Gasteiger partial charge in [-0.15, -0.1) is 10.2 Å².